The van der Waals surface area contributed by atoms with E-state index >= 15 is 0 Å². The van der Waals surface area contributed by atoms with Crippen molar-refractivity contribution in [3.63, 3.8) is 0 Å². The number of carbonyl (C=O) groups excluding carboxylic acids is 1. The molecule has 0 aliphatic carbocycles. The van der Waals surface area contributed by atoms with Crippen molar-refractivity contribution < 1.29 is 19.4 Å². The number of para-hydroxylation sites is 1. The molecule has 0 aliphatic heterocycles. The molecule has 0 saturated carbocycles. The second-order valence-electron chi connectivity index (χ2n) is 5.91. The van der Waals surface area contributed by atoms with Crippen LogP contribution in [0.3, 0.4) is 0 Å². The number of hydrogen-bond acceptors (Lipinski definition) is 3. The first-order valence-corrected chi connectivity index (χ1v) is 6.51. The summed E-state index contributed by atoms with van der Waals surface area (Å²) in [5, 5.41) is 11.5. The Labute approximate surface area is 118 Å². The van der Waals surface area contributed by atoms with Crippen molar-refractivity contribution in [1.82, 2.24) is 5.32 Å². The molecule has 2 N–H and O–H groups in total. The molecule has 110 valence electrons. The van der Waals surface area contributed by atoms with Gasteiger partial charge < -0.3 is 15.2 Å². The van der Waals surface area contributed by atoms with Gasteiger partial charge in [0.15, 0.2) is 0 Å². The molecule has 0 bridgehead atoms. The van der Waals surface area contributed by atoms with Crippen LogP contribution in [0.25, 0.3) is 0 Å². The number of amides is 1. The Balaban J connectivity index is 2.59. The fourth-order valence-corrected chi connectivity index (χ4v) is 1.92. The second-order valence-corrected chi connectivity index (χ2v) is 5.91. The lowest BCUT2D eigenvalue weighted by molar-refractivity contribution is -0.137. The molecule has 0 aliphatic rings. The second kappa shape index (κ2) is 6.93. The molecule has 0 aromatic heterocycles. The molecule has 1 aromatic carbocycles. The molecule has 1 amide bonds. The summed E-state index contributed by atoms with van der Waals surface area (Å²) in [5.41, 5.74) is -0.0832. The Bertz CT molecular complexity index is 451. The Kier molecular flexibility index (Phi) is 5.55. The molecule has 0 heterocycles. The minimum absolute atomic E-state index is 0.0832. The molecule has 0 fully saturated rings. The van der Waals surface area contributed by atoms with Gasteiger partial charge in [0.2, 0.25) is 0 Å². The van der Waals surface area contributed by atoms with Crippen molar-refractivity contribution in [3.05, 3.63) is 30.3 Å². The predicted molar refractivity (Wildman–Crippen MR) is 75.7 cm³/mol. The third-order valence-corrected chi connectivity index (χ3v) is 2.56. The van der Waals surface area contributed by atoms with E-state index in [1.54, 1.807) is 24.3 Å². The maximum atomic E-state index is 11.8. The quantitative estimate of drug-likeness (QED) is 0.868. The molecule has 0 radical (unpaired) electrons. The Morgan fingerprint density at radius 2 is 1.85 bits per heavy atom. The van der Waals surface area contributed by atoms with Crippen molar-refractivity contribution in [2.75, 3.05) is 0 Å². The zero-order valence-electron chi connectivity index (χ0n) is 12.1. The van der Waals surface area contributed by atoms with Crippen LogP contribution in [0.5, 0.6) is 5.75 Å². The number of rotatable bonds is 5. The Hall–Kier alpha value is -2.04. The van der Waals surface area contributed by atoms with Crippen LogP contribution in [0.4, 0.5) is 4.79 Å². The standard InChI is InChI=1S/C15H21NO4/c1-15(2,3)10-11(9-13(17)18)16-14(19)20-12-7-5-4-6-8-12/h4-8,11H,9-10H2,1-3H3,(H,16,19)(H,17,18). The highest BCUT2D eigenvalue weighted by Crippen LogP contribution is 2.22. The van der Waals surface area contributed by atoms with Gasteiger partial charge in [-0.25, -0.2) is 4.79 Å². The van der Waals surface area contributed by atoms with E-state index in [0.717, 1.165) is 0 Å². The molecule has 0 spiro atoms. The number of carboxylic acid groups (broad SMARTS) is 1. The van der Waals surface area contributed by atoms with Crippen LogP contribution in [-0.4, -0.2) is 23.2 Å². The number of nitrogens with one attached hydrogen (secondary N) is 1. The first-order chi connectivity index (χ1) is 9.26. The summed E-state index contributed by atoms with van der Waals surface area (Å²) in [6.07, 6.45) is -0.198. The average molecular weight is 279 g/mol. The number of carbonyl (C=O) groups is 2. The minimum atomic E-state index is -0.945. The van der Waals surface area contributed by atoms with Crippen LogP contribution >= 0.6 is 0 Å². The smallest absolute Gasteiger partial charge is 0.412 e. The predicted octanol–water partition coefficient (Wildman–Crippen LogP) is 3.05. The van der Waals surface area contributed by atoms with E-state index in [4.69, 9.17) is 9.84 Å². The van der Waals surface area contributed by atoms with Crippen LogP contribution < -0.4 is 10.1 Å². The molecule has 0 saturated heterocycles. The highest BCUT2D eigenvalue weighted by Gasteiger charge is 2.23. The first-order valence-electron chi connectivity index (χ1n) is 6.51. The van der Waals surface area contributed by atoms with Crippen LogP contribution in [0, 0.1) is 5.41 Å². The fourth-order valence-electron chi connectivity index (χ4n) is 1.92. The monoisotopic (exact) mass is 279 g/mol. The zero-order chi connectivity index (χ0) is 15.2. The van der Waals surface area contributed by atoms with Gasteiger partial charge in [-0.2, -0.15) is 0 Å². The maximum absolute atomic E-state index is 11.8. The van der Waals surface area contributed by atoms with Crippen LogP contribution in [0.15, 0.2) is 30.3 Å². The molecular weight excluding hydrogens is 258 g/mol. The van der Waals surface area contributed by atoms with Gasteiger partial charge in [0.05, 0.1) is 6.42 Å². The first kappa shape index (κ1) is 16.0. The lowest BCUT2D eigenvalue weighted by Gasteiger charge is -2.25. The number of hydrogen-bond donors (Lipinski definition) is 2. The fraction of sp³-hybridized carbons (Fsp3) is 0.467. The summed E-state index contributed by atoms with van der Waals surface area (Å²) in [6.45, 7) is 5.98. The summed E-state index contributed by atoms with van der Waals surface area (Å²) >= 11 is 0. The number of ether oxygens (including phenoxy) is 1. The number of aliphatic carboxylic acids is 1. The normalized spacial score (nSPS) is 12.6. The van der Waals surface area contributed by atoms with Gasteiger partial charge in [-0.3, -0.25) is 4.79 Å². The molecule has 1 atom stereocenters. The maximum Gasteiger partial charge on any atom is 0.412 e. The third-order valence-electron chi connectivity index (χ3n) is 2.56. The average Bonchev–Trinajstić information content (AvgIpc) is 2.26. The van der Waals surface area contributed by atoms with Gasteiger partial charge in [-0.05, 0) is 24.0 Å². The highest BCUT2D eigenvalue weighted by molar-refractivity contribution is 5.73. The molecule has 5 nitrogen and oxygen atoms in total. The Morgan fingerprint density at radius 1 is 1.25 bits per heavy atom. The van der Waals surface area contributed by atoms with Crippen LogP contribution in [-0.2, 0) is 4.79 Å². The number of benzene rings is 1. The Morgan fingerprint density at radius 3 is 2.35 bits per heavy atom. The lowest BCUT2D eigenvalue weighted by Crippen LogP contribution is -2.40. The molecule has 5 heteroatoms. The lowest BCUT2D eigenvalue weighted by atomic mass is 9.87. The van der Waals surface area contributed by atoms with E-state index in [0.29, 0.717) is 12.2 Å². The molecular formula is C15H21NO4. The van der Waals surface area contributed by atoms with Gasteiger partial charge in [0, 0.05) is 6.04 Å². The van der Waals surface area contributed by atoms with Crippen molar-refractivity contribution in [2.24, 2.45) is 5.41 Å². The van der Waals surface area contributed by atoms with E-state index in [2.05, 4.69) is 5.32 Å². The molecule has 1 aromatic rings. The molecule has 20 heavy (non-hydrogen) atoms. The summed E-state index contributed by atoms with van der Waals surface area (Å²) in [5.74, 6) is -0.519. The van der Waals surface area contributed by atoms with Crippen LogP contribution in [0.1, 0.15) is 33.6 Å². The van der Waals surface area contributed by atoms with Crippen LogP contribution in [0.2, 0.25) is 0 Å². The van der Waals surface area contributed by atoms with Gasteiger partial charge in [-0.1, -0.05) is 39.0 Å². The molecule has 1 unspecified atom stereocenters. The SMILES string of the molecule is CC(C)(C)CC(CC(=O)O)NC(=O)Oc1ccccc1. The summed E-state index contributed by atoms with van der Waals surface area (Å²) in [7, 11) is 0. The summed E-state index contributed by atoms with van der Waals surface area (Å²) in [6, 6.07) is 8.20. The summed E-state index contributed by atoms with van der Waals surface area (Å²) < 4.78 is 5.10. The van der Waals surface area contributed by atoms with Gasteiger partial charge in [-0.15, -0.1) is 0 Å². The van der Waals surface area contributed by atoms with Crippen molar-refractivity contribution >= 4 is 12.1 Å². The van der Waals surface area contributed by atoms with Crippen molar-refractivity contribution in [1.29, 1.82) is 0 Å². The number of carboxylic acids is 1. The zero-order valence-corrected chi connectivity index (χ0v) is 12.1. The largest absolute Gasteiger partial charge is 0.481 e. The molecule has 1 rings (SSSR count). The van der Waals surface area contributed by atoms with Gasteiger partial charge in [0.25, 0.3) is 0 Å². The highest BCUT2D eigenvalue weighted by atomic mass is 16.6. The summed E-state index contributed by atoms with van der Waals surface area (Å²) in [4.78, 5) is 22.6. The topological polar surface area (TPSA) is 75.6 Å². The van der Waals surface area contributed by atoms with Gasteiger partial charge in [0.1, 0.15) is 5.75 Å². The van der Waals surface area contributed by atoms with Crippen molar-refractivity contribution in [2.45, 2.75) is 39.7 Å². The van der Waals surface area contributed by atoms with E-state index in [1.165, 1.54) is 0 Å². The minimum Gasteiger partial charge on any atom is -0.481 e. The van der Waals surface area contributed by atoms with E-state index in [9.17, 15) is 9.59 Å². The van der Waals surface area contributed by atoms with Crippen molar-refractivity contribution in [3.8, 4) is 5.75 Å². The van der Waals surface area contributed by atoms with E-state index in [-0.39, 0.29) is 11.8 Å². The van der Waals surface area contributed by atoms with E-state index in [1.807, 2.05) is 26.8 Å². The van der Waals surface area contributed by atoms with E-state index < -0.39 is 18.1 Å². The third kappa shape index (κ3) is 6.78. The van der Waals surface area contributed by atoms with Gasteiger partial charge >= 0.3 is 12.1 Å².